The van der Waals surface area contributed by atoms with Crippen LogP contribution in [-0.2, 0) is 12.8 Å². The van der Waals surface area contributed by atoms with Crippen molar-refractivity contribution in [1.82, 2.24) is 14.7 Å². The number of carbonyl (C=O) groups is 1. The van der Waals surface area contributed by atoms with E-state index in [0.29, 0.717) is 35.1 Å². The van der Waals surface area contributed by atoms with E-state index in [2.05, 4.69) is 5.10 Å². The van der Waals surface area contributed by atoms with Crippen molar-refractivity contribution in [2.75, 3.05) is 6.54 Å². The van der Waals surface area contributed by atoms with Crippen LogP contribution in [-0.4, -0.2) is 44.6 Å². The van der Waals surface area contributed by atoms with E-state index in [-0.39, 0.29) is 42.1 Å². The minimum atomic E-state index is -1.29. The monoisotopic (exact) mass is 509 g/mol. The first-order valence-corrected chi connectivity index (χ1v) is 12.5. The van der Waals surface area contributed by atoms with Gasteiger partial charge in [-0.3, -0.25) is 14.3 Å². The largest absolute Gasteiger partial charge is 0.459 e. The number of fused-ring (bicyclic) bond motifs is 3. The van der Waals surface area contributed by atoms with Crippen molar-refractivity contribution < 1.29 is 23.4 Å². The summed E-state index contributed by atoms with van der Waals surface area (Å²) in [6, 6.07) is 8.88. The van der Waals surface area contributed by atoms with E-state index in [1.165, 1.54) is 16.8 Å². The lowest BCUT2D eigenvalue weighted by Crippen LogP contribution is -2.50. The summed E-state index contributed by atoms with van der Waals surface area (Å²) in [5.74, 6) is -2.04. The zero-order valence-electron chi connectivity index (χ0n) is 20.9. The number of hydrogen-bond acceptors (Lipinski definition) is 5. The quantitative estimate of drug-likeness (QED) is 0.527. The Labute approximate surface area is 213 Å². The highest BCUT2D eigenvalue weighted by Gasteiger charge is 2.43. The molecule has 0 bridgehead atoms. The molecular formula is C28H29F2N3O4. The van der Waals surface area contributed by atoms with E-state index in [1.807, 2.05) is 26.0 Å². The van der Waals surface area contributed by atoms with Crippen molar-refractivity contribution >= 4 is 5.91 Å². The lowest BCUT2D eigenvalue weighted by molar-refractivity contribution is -0.0221. The van der Waals surface area contributed by atoms with Crippen molar-refractivity contribution in [2.24, 2.45) is 0 Å². The molecule has 2 atom stereocenters. The standard InChI is InChI=1S/C28H29F2N3O4/c1-4-24(35)37-27-23(34)13-31-33-22(14-32(15(2)3)28(36)26(27)33)25-18-7-5-9-20(29)16(18)11-12-17-19(25)8-6-10-21(17)30/h5-10,13,15,22,24-25,35H,4,11-12,14H2,1-3H3/t22-,24?/m1/s1. The molecule has 1 N–H and O–H groups in total. The Morgan fingerprint density at radius 1 is 1.05 bits per heavy atom. The number of amides is 1. The lowest BCUT2D eigenvalue weighted by atomic mass is 9.81. The molecule has 2 aromatic carbocycles. The normalized spacial score (nSPS) is 18.2. The molecule has 194 valence electrons. The molecule has 5 rings (SSSR count). The van der Waals surface area contributed by atoms with E-state index in [1.54, 1.807) is 24.0 Å². The number of rotatable bonds is 5. The molecular weight excluding hydrogens is 480 g/mol. The molecule has 1 aliphatic carbocycles. The van der Waals surface area contributed by atoms with Crippen LogP contribution in [0, 0.1) is 11.6 Å². The topological polar surface area (TPSA) is 84.7 Å². The van der Waals surface area contributed by atoms with Crippen LogP contribution >= 0.6 is 0 Å². The smallest absolute Gasteiger partial charge is 0.276 e. The summed E-state index contributed by atoms with van der Waals surface area (Å²) in [7, 11) is 0. The van der Waals surface area contributed by atoms with Crippen LogP contribution < -0.4 is 10.2 Å². The molecule has 0 radical (unpaired) electrons. The highest BCUT2D eigenvalue weighted by molar-refractivity contribution is 5.96. The van der Waals surface area contributed by atoms with Gasteiger partial charge in [0.05, 0.1) is 12.2 Å². The third kappa shape index (κ3) is 4.21. The van der Waals surface area contributed by atoms with Gasteiger partial charge in [-0.15, -0.1) is 0 Å². The maximum atomic E-state index is 15.1. The van der Waals surface area contributed by atoms with Crippen LogP contribution in [0.5, 0.6) is 5.75 Å². The fraction of sp³-hybridized carbons (Fsp3) is 0.393. The van der Waals surface area contributed by atoms with Crippen molar-refractivity contribution in [2.45, 2.75) is 64.3 Å². The minimum absolute atomic E-state index is 0.0786. The number of ether oxygens (including phenoxy) is 1. The van der Waals surface area contributed by atoms with Gasteiger partial charge in [0.15, 0.2) is 12.0 Å². The Bertz CT molecular complexity index is 1370. The maximum absolute atomic E-state index is 15.1. The summed E-state index contributed by atoms with van der Waals surface area (Å²) in [5.41, 5.74) is 1.67. The van der Waals surface area contributed by atoms with Crippen LogP contribution in [0.15, 0.2) is 47.4 Å². The van der Waals surface area contributed by atoms with Gasteiger partial charge in [-0.2, -0.15) is 5.10 Å². The molecule has 0 fully saturated rings. The molecule has 1 amide bonds. The highest BCUT2D eigenvalue weighted by Crippen LogP contribution is 2.45. The average Bonchev–Trinajstić information content (AvgIpc) is 3.04. The number of aromatic nitrogens is 2. The van der Waals surface area contributed by atoms with Gasteiger partial charge in [0.1, 0.15) is 11.6 Å². The third-order valence-corrected chi connectivity index (χ3v) is 7.35. The van der Waals surface area contributed by atoms with Crippen LogP contribution in [0.3, 0.4) is 0 Å². The Morgan fingerprint density at radius 3 is 2.19 bits per heavy atom. The SMILES string of the molecule is CCC(O)Oc1c2n(ncc1=O)[C@@H](C1c3cccc(F)c3CCc3c(F)cccc31)CN(C(C)C)C2=O. The summed E-state index contributed by atoms with van der Waals surface area (Å²) >= 11 is 0. The van der Waals surface area contributed by atoms with Gasteiger partial charge in [-0.1, -0.05) is 31.2 Å². The molecule has 2 heterocycles. The highest BCUT2D eigenvalue weighted by atomic mass is 19.1. The Kier molecular flexibility index (Phi) is 6.58. The van der Waals surface area contributed by atoms with E-state index in [9.17, 15) is 14.7 Å². The van der Waals surface area contributed by atoms with Crippen LogP contribution in [0.1, 0.15) is 71.9 Å². The molecule has 1 unspecified atom stereocenters. The summed E-state index contributed by atoms with van der Waals surface area (Å²) in [6.07, 6.45) is 0.626. The van der Waals surface area contributed by atoms with Crippen molar-refractivity contribution in [3.8, 4) is 5.75 Å². The molecule has 9 heteroatoms. The first kappa shape index (κ1) is 25.1. The molecule has 7 nitrogen and oxygen atoms in total. The fourth-order valence-corrected chi connectivity index (χ4v) is 5.51. The van der Waals surface area contributed by atoms with Gasteiger partial charge in [0, 0.05) is 24.9 Å². The van der Waals surface area contributed by atoms with Crippen molar-refractivity contribution in [3.05, 3.63) is 92.4 Å². The van der Waals surface area contributed by atoms with Crippen LogP contribution in [0.25, 0.3) is 0 Å². The summed E-state index contributed by atoms with van der Waals surface area (Å²) < 4.78 is 37.2. The second-order valence-electron chi connectivity index (χ2n) is 9.82. The molecule has 1 aromatic heterocycles. The molecule has 3 aromatic rings. The van der Waals surface area contributed by atoms with Gasteiger partial charge in [0.2, 0.25) is 11.2 Å². The number of aliphatic hydroxyl groups excluding tert-OH is 1. The number of aliphatic hydroxyl groups is 1. The van der Waals surface area contributed by atoms with E-state index in [0.717, 1.165) is 6.20 Å². The van der Waals surface area contributed by atoms with Gasteiger partial charge in [-0.05, 0) is 61.1 Å². The van der Waals surface area contributed by atoms with E-state index >= 15 is 8.78 Å². The first-order chi connectivity index (χ1) is 17.7. The van der Waals surface area contributed by atoms with Gasteiger partial charge >= 0.3 is 0 Å². The molecule has 0 spiro atoms. The Balaban J connectivity index is 1.80. The lowest BCUT2D eigenvalue weighted by Gasteiger charge is -2.41. The van der Waals surface area contributed by atoms with Crippen LogP contribution in [0.4, 0.5) is 8.78 Å². The maximum Gasteiger partial charge on any atom is 0.276 e. The predicted molar refractivity (Wildman–Crippen MR) is 133 cm³/mol. The molecule has 0 saturated heterocycles. The fourth-order valence-electron chi connectivity index (χ4n) is 5.51. The van der Waals surface area contributed by atoms with E-state index < -0.39 is 29.6 Å². The molecule has 1 aliphatic heterocycles. The summed E-state index contributed by atoms with van der Waals surface area (Å²) in [4.78, 5) is 28.1. The first-order valence-electron chi connectivity index (χ1n) is 12.5. The predicted octanol–water partition coefficient (Wildman–Crippen LogP) is 3.96. The number of nitrogens with zero attached hydrogens (tertiary/aromatic N) is 3. The zero-order valence-corrected chi connectivity index (χ0v) is 20.9. The second-order valence-corrected chi connectivity index (χ2v) is 9.82. The Morgan fingerprint density at radius 2 is 1.65 bits per heavy atom. The number of halogens is 2. The van der Waals surface area contributed by atoms with Gasteiger partial charge in [0.25, 0.3) is 5.91 Å². The molecule has 37 heavy (non-hydrogen) atoms. The summed E-state index contributed by atoms with van der Waals surface area (Å²) in [5, 5.41) is 14.5. The summed E-state index contributed by atoms with van der Waals surface area (Å²) in [6.45, 7) is 5.60. The molecule has 2 aliphatic rings. The average molecular weight is 510 g/mol. The van der Waals surface area contributed by atoms with E-state index in [4.69, 9.17) is 4.74 Å². The van der Waals surface area contributed by atoms with Crippen LogP contribution in [0.2, 0.25) is 0 Å². The number of benzene rings is 2. The van der Waals surface area contributed by atoms with Gasteiger partial charge < -0.3 is 14.7 Å². The molecule has 0 saturated carbocycles. The number of carbonyl (C=O) groups excluding carboxylic acids is 1. The van der Waals surface area contributed by atoms with Crippen molar-refractivity contribution in [3.63, 3.8) is 0 Å². The minimum Gasteiger partial charge on any atom is -0.459 e. The Hall–Kier alpha value is -3.59. The second kappa shape index (κ2) is 9.70. The number of hydrogen-bond donors (Lipinski definition) is 1. The van der Waals surface area contributed by atoms with Crippen molar-refractivity contribution in [1.29, 1.82) is 0 Å². The zero-order chi connectivity index (χ0) is 26.4. The van der Waals surface area contributed by atoms with Gasteiger partial charge in [-0.25, -0.2) is 8.78 Å². The third-order valence-electron chi connectivity index (χ3n) is 7.35.